The first-order valence-electron chi connectivity index (χ1n) is 9.07. The van der Waals surface area contributed by atoms with Crippen LogP contribution in [0, 0.1) is 17.2 Å². The van der Waals surface area contributed by atoms with Crippen LogP contribution < -0.4 is 5.32 Å². The molecule has 1 aromatic rings. The van der Waals surface area contributed by atoms with Gasteiger partial charge in [-0.05, 0) is 30.9 Å². The molecule has 7 nitrogen and oxygen atoms in total. The van der Waals surface area contributed by atoms with Crippen molar-refractivity contribution in [1.29, 1.82) is 5.26 Å². The molecular weight excluding hydrogens is 346 g/mol. The van der Waals surface area contributed by atoms with Gasteiger partial charge in [-0.2, -0.15) is 5.26 Å². The second-order valence-electron chi connectivity index (χ2n) is 6.34. The van der Waals surface area contributed by atoms with Gasteiger partial charge in [0.05, 0.1) is 19.1 Å². The summed E-state index contributed by atoms with van der Waals surface area (Å²) < 4.78 is 5.03. The lowest BCUT2D eigenvalue weighted by Gasteiger charge is -2.30. The molecule has 2 rings (SSSR count). The zero-order valence-electron chi connectivity index (χ0n) is 15.5. The number of rotatable bonds is 7. The highest BCUT2D eigenvalue weighted by molar-refractivity contribution is 5.97. The van der Waals surface area contributed by atoms with Crippen molar-refractivity contribution in [3.8, 4) is 6.07 Å². The van der Waals surface area contributed by atoms with Gasteiger partial charge in [0, 0.05) is 25.8 Å². The highest BCUT2D eigenvalue weighted by Gasteiger charge is 2.29. The number of aliphatic hydroxyl groups is 1. The third-order valence-corrected chi connectivity index (χ3v) is 4.51. The number of piperidine rings is 1. The molecule has 7 heteroatoms. The van der Waals surface area contributed by atoms with Crippen LogP contribution in [0.2, 0.25) is 0 Å². The fourth-order valence-electron chi connectivity index (χ4n) is 2.92. The van der Waals surface area contributed by atoms with Crippen molar-refractivity contribution < 1.29 is 19.4 Å². The Morgan fingerprint density at radius 2 is 1.93 bits per heavy atom. The number of hydrogen-bond acceptors (Lipinski definition) is 6. The average Bonchev–Trinajstić information content (AvgIpc) is 2.71. The van der Waals surface area contributed by atoms with Crippen LogP contribution in [0.4, 0.5) is 0 Å². The summed E-state index contributed by atoms with van der Waals surface area (Å²) >= 11 is 0. The summed E-state index contributed by atoms with van der Waals surface area (Å²) in [5, 5.41) is 21.3. The first-order valence-corrected chi connectivity index (χ1v) is 9.07. The minimum Gasteiger partial charge on any atom is -0.466 e. The van der Waals surface area contributed by atoms with E-state index in [9.17, 15) is 14.9 Å². The summed E-state index contributed by atoms with van der Waals surface area (Å²) in [6.07, 6.45) is 2.53. The van der Waals surface area contributed by atoms with Crippen LogP contribution in [0.1, 0.15) is 30.9 Å². The molecule has 0 radical (unpaired) electrons. The molecule has 0 atom stereocenters. The summed E-state index contributed by atoms with van der Waals surface area (Å²) in [5.41, 5.74) is 1.84. The van der Waals surface area contributed by atoms with Gasteiger partial charge >= 0.3 is 5.97 Å². The van der Waals surface area contributed by atoms with E-state index in [0.29, 0.717) is 39.1 Å². The lowest BCUT2D eigenvalue weighted by Crippen LogP contribution is -2.41. The Hall–Kier alpha value is -2.85. The van der Waals surface area contributed by atoms with Crippen molar-refractivity contribution in [1.82, 2.24) is 10.2 Å². The highest BCUT2D eigenvalue weighted by Crippen LogP contribution is 2.20. The van der Waals surface area contributed by atoms with E-state index in [4.69, 9.17) is 9.84 Å². The van der Waals surface area contributed by atoms with Gasteiger partial charge in [0.2, 0.25) is 0 Å². The maximum atomic E-state index is 12.5. The van der Waals surface area contributed by atoms with E-state index in [0.717, 1.165) is 11.1 Å². The predicted octanol–water partition coefficient (Wildman–Crippen LogP) is 1.48. The first-order chi connectivity index (χ1) is 13.1. The van der Waals surface area contributed by atoms with Crippen molar-refractivity contribution in [2.45, 2.75) is 32.9 Å². The number of hydrogen-bond donors (Lipinski definition) is 2. The van der Waals surface area contributed by atoms with E-state index in [-0.39, 0.29) is 30.0 Å². The maximum absolute atomic E-state index is 12.5. The number of esters is 1. The van der Waals surface area contributed by atoms with E-state index in [2.05, 4.69) is 5.32 Å². The maximum Gasteiger partial charge on any atom is 0.309 e. The number of nitrogens with zero attached hydrogens (tertiary/aromatic N) is 2. The van der Waals surface area contributed by atoms with Crippen LogP contribution in [-0.2, 0) is 27.5 Å². The normalized spacial score (nSPS) is 15.1. The lowest BCUT2D eigenvalue weighted by atomic mass is 9.96. The standard InChI is InChI=1S/C20H25N3O4/c1-2-27-20(26)17-7-9-23(10-8-17)19(25)18(11-21)13-22-12-15-3-5-16(14-24)6-4-15/h3-6,13,17,22,24H,2,7-10,12,14H2,1H3/b18-13-. The Labute approximate surface area is 159 Å². The van der Waals surface area contributed by atoms with Crippen LogP contribution >= 0.6 is 0 Å². The van der Waals surface area contributed by atoms with Crippen molar-refractivity contribution in [3.05, 3.63) is 47.2 Å². The molecule has 144 valence electrons. The monoisotopic (exact) mass is 371 g/mol. The molecular formula is C20H25N3O4. The molecule has 2 N–H and O–H groups in total. The Morgan fingerprint density at radius 3 is 2.48 bits per heavy atom. The summed E-state index contributed by atoms with van der Waals surface area (Å²) in [7, 11) is 0. The van der Waals surface area contributed by atoms with Crippen molar-refractivity contribution >= 4 is 11.9 Å². The van der Waals surface area contributed by atoms with E-state index in [1.807, 2.05) is 30.3 Å². The van der Waals surface area contributed by atoms with Crippen molar-refractivity contribution in [2.24, 2.45) is 5.92 Å². The molecule has 0 bridgehead atoms. The number of benzene rings is 1. The third-order valence-electron chi connectivity index (χ3n) is 4.51. The molecule has 1 heterocycles. The molecule has 1 saturated heterocycles. The molecule has 1 fully saturated rings. The second kappa shape index (κ2) is 10.3. The van der Waals surface area contributed by atoms with Gasteiger partial charge in [-0.3, -0.25) is 9.59 Å². The number of amides is 1. The summed E-state index contributed by atoms with van der Waals surface area (Å²) in [4.78, 5) is 25.9. The van der Waals surface area contributed by atoms with Crippen LogP contribution in [0.3, 0.4) is 0 Å². The molecule has 1 amide bonds. The number of aliphatic hydroxyl groups excluding tert-OH is 1. The third kappa shape index (κ3) is 5.83. The minimum atomic E-state index is -0.331. The highest BCUT2D eigenvalue weighted by atomic mass is 16.5. The Kier molecular flexibility index (Phi) is 7.83. The molecule has 1 aliphatic heterocycles. The average molecular weight is 371 g/mol. The number of nitriles is 1. The lowest BCUT2D eigenvalue weighted by molar-refractivity contribution is -0.150. The van der Waals surface area contributed by atoms with E-state index in [1.165, 1.54) is 6.20 Å². The van der Waals surface area contributed by atoms with Gasteiger partial charge in [-0.15, -0.1) is 0 Å². The molecule has 0 aliphatic carbocycles. The van der Waals surface area contributed by atoms with Gasteiger partial charge in [0.25, 0.3) is 5.91 Å². The quantitative estimate of drug-likeness (QED) is 0.428. The Balaban J connectivity index is 1.87. The summed E-state index contributed by atoms with van der Waals surface area (Å²) in [6, 6.07) is 9.34. The summed E-state index contributed by atoms with van der Waals surface area (Å²) in [6.45, 7) is 3.46. The van der Waals surface area contributed by atoms with E-state index < -0.39 is 0 Å². The van der Waals surface area contributed by atoms with Crippen LogP contribution in [0.25, 0.3) is 0 Å². The van der Waals surface area contributed by atoms with Gasteiger partial charge in [-0.25, -0.2) is 0 Å². The molecule has 1 aliphatic rings. The smallest absolute Gasteiger partial charge is 0.309 e. The zero-order chi connectivity index (χ0) is 19.6. The molecule has 1 aromatic carbocycles. The van der Waals surface area contributed by atoms with Crippen LogP contribution in [0.5, 0.6) is 0 Å². The predicted molar refractivity (Wildman–Crippen MR) is 98.8 cm³/mol. The number of ether oxygens (including phenoxy) is 1. The second-order valence-corrected chi connectivity index (χ2v) is 6.34. The summed E-state index contributed by atoms with van der Waals surface area (Å²) in [5.74, 6) is -0.721. The number of carbonyl (C=O) groups excluding carboxylic acids is 2. The van der Waals surface area contributed by atoms with Gasteiger partial charge in [0.15, 0.2) is 0 Å². The van der Waals surface area contributed by atoms with Crippen LogP contribution in [0.15, 0.2) is 36.0 Å². The number of carbonyl (C=O) groups is 2. The van der Waals surface area contributed by atoms with Gasteiger partial charge in [-0.1, -0.05) is 24.3 Å². The first kappa shape index (κ1) is 20.5. The Morgan fingerprint density at radius 1 is 1.30 bits per heavy atom. The SMILES string of the molecule is CCOC(=O)C1CCN(C(=O)/C(C#N)=C\NCc2ccc(CO)cc2)CC1. The molecule has 0 saturated carbocycles. The largest absolute Gasteiger partial charge is 0.466 e. The Bertz CT molecular complexity index is 714. The van der Waals surface area contributed by atoms with E-state index >= 15 is 0 Å². The van der Waals surface area contributed by atoms with Crippen molar-refractivity contribution in [3.63, 3.8) is 0 Å². The van der Waals surface area contributed by atoms with E-state index in [1.54, 1.807) is 11.8 Å². The van der Waals surface area contributed by atoms with Gasteiger partial charge in [0.1, 0.15) is 11.6 Å². The number of nitrogens with one attached hydrogen (secondary N) is 1. The zero-order valence-corrected chi connectivity index (χ0v) is 15.5. The molecule has 0 unspecified atom stereocenters. The fourth-order valence-corrected chi connectivity index (χ4v) is 2.92. The minimum absolute atomic E-state index is 0.00640. The van der Waals surface area contributed by atoms with Crippen LogP contribution in [-0.4, -0.2) is 41.6 Å². The molecule has 27 heavy (non-hydrogen) atoms. The molecule has 0 spiro atoms. The fraction of sp³-hybridized carbons (Fsp3) is 0.450. The van der Waals surface area contributed by atoms with Crippen molar-refractivity contribution in [2.75, 3.05) is 19.7 Å². The molecule has 0 aromatic heterocycles. The number of likely N-dealkylation sites (tertiary alicyclic amines) is 1. The topological polar surface area (TPSA) is 103 Å². The van der Waals surface area contributed by atoms with Gasteiger partial charge < -0.3 is 20.1 Å².